The zero-order valence-electron chi connectivity index (χ0n) is 7.44. The van der Waals surface area contributed by atoms with Crippen LogP contribution >= 0.6 is 11.3 Å². The summed E-state index contributed by atoms with van der Waals surface area (Å²) in [4.78, 5) is 0. The summed E-state index contributed by atoms with van der Waals surface area (Å²) in [6.07, 6.45) is 1.73. The summed E-state index contributed by atoms with van der Waals surface area (Å²) < 4.78 is 23.8. The molecule has 0 aliphatic carbocycles. The number of sulfonamides is 1. The van der Waals surface area contributed by atoms with Crippen LogP contribution in [0, 0.1) is 6.92 Å². The minimum absolute atomic E-state index is 0.382. The third-order valence-electron chi connectivity index (χ3n) is 1.27. The Morgan fingerprint density at radius 3 is 2.62 bits per heavy atom. The second kappa shape index (κ2) is 4.12. The molecule has 7 heteroatoms. The first-order valence-corrected chi connectivity index (χ1v) is 6.42. The van der Waals surface area contributed by atoms with Gasteiger partial charge in [0.15, 0.2) is 0 Å². The Hall–Kier alpha value is -0.530. The first-order valence-electron chi connectivity index (χ1n) is 3.71. The van der Waals surface area contributed by atoms with E-state index in [1.165, 1.54) is 11.3 Å². The van der Waals surface area contributed by atoms with Crippen LogP contribution in [-0.2, 0) is 16.4 Å². The first kappa shape index (κ1) is 10.6. The monoisotopic (exact) mass is 221 g/mol. The third-order valence-corrected chi connectivity index (χ3v) is 2.90. The van der Waals surface area contributed by atoms with Crippen molar-refractivity contribution < 1.29 is 8.42 Å². The zero-order chi connectivity index (χ0) is 9.90. The van der Waals surface area contributed by atoms with Gasteiger partial charge in [0, 0.05) is 13.0 Å². The highest BCUT2D eigenvalue weighted by atomic mass is 32.2. The number of nitrogens with zero attached hydrogens (tertiary/aromatic N) is 2. The number of aryl methyl sites for hydroxylation is 1. The van der Waals surface area contributed by atoms with E-state index >= 15 is 0 Å². The number of hydrogen-bond acceptors (Lipinski definition) is 5. The molecule has 0 saturated heterocycles. The number of nitrogens with one attached hydrogen (secondary N) is 1. The maximum Gasteiger partial charge on any atom is 0.208 e. The van der Waals surface area contributed by atoms with Crippen molar-refractivity contribution in [1.82, 2.24) is 14.9 Å². The van der Waals surface area contributed by atoms with Gasteiger partial charge in [-0.1, -0.05) is 0 Å². The van der Waals surface area contributed by atoms with Crippen molar-refractivity contribution in [1.29, 1.82) is 0 Å². The van der Waals surface area contributed by atoms with Crippen LogP contribution in [0.4, 0.5) is 0 Å². The van der Waals surface area contributed by atoms with Crippen LogP contribution in [0.5, 0.6) is 0 Å². The molecule has 0 amide bonds. The Bertz CT molecular complexity index is 371. The normalized spacial score (nSPS) is 11.8. The molecule has 1 aromatic rings. The zero-order valence-corrected chi connectivity index (χ0v) is 9.07. The second-order valence-corrected chi connectivity index (χ2v) is 5.73. The van der Waals surface area contributed by atoms with Gasteiger partial charge in [-0.25, -0.2) is 13.1 Å². The van der Waals surface area contributed by atoms with Gasteiger partial charge < -0.3 is 0 Å². The Morgan fingerprint density at radius 1 is 1.46 bits per heavy atom. The number of rotatable bonds is 4. The van der Waals surface area contributed by atoms with Gasteiger partial charge in [-0.05, 0) is 6.92 Å². The van der Waals surface area contributed by atoms with Crippen LogP contribution in [-0.4, -0.2) is 31.4 Å². The number of hydrogen-bond donors (Lipinski definition) is 1. The predicted molar refractivity (Wildman–Crippen MR) is 51.2 cm³/mol. The van der Waals surface area contributed by atoms with Gasteiger partial charge in [-0.3, -0.25) is 0 Å². The molecule has 0 aliphatic rings. The molecule has 1 heterocycles. The van der Waals surface area contributed by atoms with Crippen LogP contribution in [0.25, 0.3) is 0 Å². The van der Waals surface area contributed by atoms with Gasteiger partial charge in [0.25, 0.3) is 0 Å². The summed E-state index contributed by atoms with van der Waals surface area (Å²) in [6.45, 7) is 2.25. The summed E-state index contributed by atoms with van der Waals surface area (Å²) in [7, 11) is -3.08. The maximum absolute atomic E-state index is 10.7. The van der Waals surface area contributed by atoms with E-state index in [1.54, 1.807) is 0 Å². The van der Waals surface area contributed by atoms with Crippen molar-refractivity contribution in [2.45, 2.75) is 13.3 Å². The molecule has 0 unspecified atom stereocenters. The molecule has 5 nitrogen and oxygen atoms in total. The highest BCUT2D eigenvalue weighted by Gasteiger charge is 2.03. The van der Waals surface area contributed by atoms with E-state index in [0.29, 0.717) is 13.0 Å². The summed E-state index contributed by atoms with van der Waals surface area (Å²) in [5.74, 6) is 0. The van der Waals surface area contributed by atoms with E-state index in [-0.39, 0.29) is 0 Å². The van der Waals surface area contributed by atoms with Crippen molar-refractivity contribution >= 4 is 21.4 Å². The standard InChI is InChI=1S/C6H11N3O2S2/c1-5-8-9-6(12-5)3-4-7-13(2,10)11/h7H,3-4H2,1-2H3. The highest BCUT2D eigenvalue weighted by molar-refractivity contribution is 7.88. The number of aromatic nitrogens is 2. The minimum atomic E-state index is -3.08. The summed E-state index contributed by atoms with van der Waals surface area (Å²) in [6, 6.07) is 0. The molecule has 1 N–H and O–H groups in total. The lowest BCUT2D eigenvalue weighted by Gasteiger charge is -1.97. The fourth-order valence-corrected chi connectivity index (χ4v) is 1.96. The van der Waals surface area contributed by atoms with Crippen molar-refractivity contribution in [2.75, 3.05) is 12.8 Å². The van der Waals surface area contributed by atoms with Gasteiger partial charge in [-0.15, -0.1) is 21.5 Å². The van der Waals surface area contributed by atoms with Gasteiger partial charge in [0.2, 0.25) is 10.0 Å². The van der Waals surface area contributed by atoms with Crippen LogP contribution in [0.3, 0.4) is 0 Å². The summed E-state index contributed by atoms with van der Waals surface area (Å²) in [5.41, 5.74) is 0. The molecule has 0 bridgehead atoms. The maximum atomic E-state index is 10.7. The van der Waals surface area contributed by atoms with E-state index in [0.717, 1.165) is 16.3 Å². The van der Waals surface area contributed by atoms with Crippen LogP contribution < -0.4 is 4.72 Å². The van der Waals surface area contributed by atoms with Crippen LogP contribution in [0.15, 0.2) is 0 Å². The molecule has 0 spiro atoms. The fourth-order valence-electron chi connectivity index (χ4n) is 0.782. The molecule has 1 aromatic heterocycles. The van der Waals surface area contributed by atoms with Gasteiger partial charge in [0.05, 0.1) is 6.26 Å². The Morgan fingerprint density at radius 2 is 2.15 bits per heavy atom. The average molecular weight is 221 g/mol. The van der Waals surface area contributed by atoms with Crippen molar-refractivity contribution in [3.05, 3.63) is 10.0 Å². The van der Waals surface area contributed by atoms with Crippen molar-refractivity contribution in [2.24, 2.45) is 0 Å². The Kier molecular flexibility index (Phi) is 3.34. The van der Waals surface area contributed by atoms with Crippen LogP contribution in [0.2, 0.25) is 0 Å². The smallest absolute Gasteiger partial charge is 0.208 e. The SMILES string of the molecule is Cc1nnc(CCNS(C)(=O)=O)s1. The van der Waals surface area contributed by atoms with E-state index in [1.807, 2.05) is 6.92 Å². The lowest BCUT2D eigenvalue weighted by Crippen LogP contribution is -2.24. The van der Waals surface area contributed by atoms with Gasteiger partial charge >= 0.3 is 0 Å². The van der Waals surface area contributed by atoms with Crippen molar-refractivity contribution in [3.8, 4) is 0 Å². The molecule has 0 atom stereocenters. The molecule has 0 aliphatic heterocycles. The lowest BCUT2D eigenvalue weighted by atomic mass is 10.5. The van der Waals surface area contributed by atoms with Crippen LogP contribution in [0.1, 0.15) is 10.0 Å². The Balaban J connectivity index is 2.36. The third kappa shape index (κ3) is 4.30. The molecule has 0 fully saturated rings. The van der Waals surface area contributed by atoms with E-state index in [2.05, 4.69) is 14.9 Å². The Labute approximate surface area is 81.2 Å². The molecule has 0 aromatic carbocycles. The molecule has 0 saturated carbocycles. The van der Waals surface area contributed by atoms with E-state index < -0.39 is 10.0 Å². The van der Waals surface area contributed by atoms with E-state index in [4.69, 9.17) is 0 Å². The second-order valence-electron chi connectivity index (χ2n) is 2.63. The summed E-state index contributed by atoms with van der Waals surface area (Å²) in [5, 5.41) is 9.44. The molecule has 74 valence electrons. The largest absolute Gasteiger partial charge is 0.215 e. The molecule has 0 radical (unpaired) electrons. The average Bonchev–Trinajstić information content (AvgIpc) is 2.33. The summed E-state index contributed by atoms with van der Waals surface area (Å²) >= 11 is 1.48. The molecular formula is C6H11N3O2S2. The quantitative estimate of drug-likeness (QED) is 0.773. The molecule has 1 rings (SSSR count). The lowest BCUT2D eigenvalue weighted by molar-refractivity contribution is 0.587. The molecule has 13 heavy (non-hydrogen) atoms. The fraction of sp³-hybridized carbons (Fsp3) is 0.667. The minimum Gasteiger partial charge on any atom is -0.215 e. The van der Waals surface area contributed by atoms with Gasteiger partial charge in [-0.2, -0.15) is 0 Å². The first-order chi connectivity index (χ1) is 5.97. The highest BCUT2D eigenvalue weighted by Crippen LogP contribution is 2.07. The van der Waals surface area contributed by atoms with Gasteiger partial charge in [0.1, 0.15) is 10.0 Å². The predicted octanol–water partition coefficient (Wildman–Crippen LogP) is -0.0618. The topological polar surface area (TPSA) is 72.0 Å². The van der Waals surface area contributed by atoms with E-state index in [9.17, 15) is 8.42 Å². The molecular weight excluding hydrogens is 210 g/mol. The van der Waals surface area contributed by atoms with Crippen molar-refractivity contribution in [3.63, 3.8) is 0 Å².